The smallest absolute Gasteiger partial charge is 0.184 e. The molecule has 1 N–H and O–H groups in total. The SMILES string of the molecule is C#CC(CC)Nc1nc(Br)cs1. The molecule has 0 bridgehead atoms. The van der Waals surface area contributed by atoms with Crippen LogP contribution in [0.25, 0.3) is 0 Å². The largest absolute Gasteiger partial charge is 0.348 e. The number of thiazole rings is 1. The molecule has 0 saturated heterocycles. The summed E-state index contributed by atoms with van der Waals surface area (Å²) in [6.45, 7) is 2.04. The third kappa shape index (κ3) is 2.50. The standard InChI is InChI=1S/C8H9BrN2S/c1-3-6(4-2)10-8-11-7(9)5-12-8/h1,5-6H,4H2,2H3,(H,10,11). The van der Waals surface area contributed by atoms with Gasteiger partial charge < -0.3 is 5.32 Å². The zero-order chi connectivity index (χ0) is 8.97. The van der Waals surface area contributed by atoms with Crippen molar-refractivity contribution in [1.29, 1.82) is 0 Å². The lowest BCUT2D eigenvalue weighted by atomic mass is 10.2. The van der Waals surface area contributed by atoms with Crippen molar-refractivity contribution in [1.82, 2.24) is 4.98 Å². The lowest BCUT2D eigenvalue weighted by Gasteiger charge is -2.07. The van der Waals surface area contributed by atoms with Crippen molar-refractivity contribution in [2.45, 2.75) is 19.4 Å². The van der Waals surface area contributed by atoms with Gasteiger partial charge in [0.05, 0.1) is 6.04 Å². The predicted molar refractivity (Wildman–Crippen MR) is 56.3 cm³/mol. The highest BCUT2D eigenvalue weighted by Crippen LogP contribution is 2.20. The molecule has 0 amide bonds. The number of nitrogens with one attached hydrogen (secondary N) is 1. The van der Waals surface area contributed by atoms with Gasteiger partial charge in [-0.1, -0.05) is 12.8 Å². The fraction of sp³-hybridized carbons (Fsp3) is 0.375. The van der Waals surface area contributed by atoms with Gasteiger partial charge >= 0.3 is 0 Å². The van der Waals surface area contributed by atoms with E-state index in [1.807, 2.05) is 12.3 Å². The van der Waals surface area contributed by atoms with E-state index in [4.69, 9.17) is 6.42 Å². The minimum absolute atomic E-state index is 0.0862. The molecule has 4 heteroatoms. The lowest BCUT2D eigenvalue weighted by Crippen LogP contribution is -2.15. The Morgan fingerprint density at radius 1 is 1.92 bits per heavy atom. The number of hydrogen-bond acceptors (Lipinski definition) is 3. The summed E-state index contributed by atoms with van der Waals surface area (Å²) in [6.07, 6.45) is 6.20. The van der Waals surface area contributed by atoms with Crippen molar-refractivity contribution < 1.29 is 0 Å². The lowest BCUT2D eigenvalue weighted by molar-refractivity contribution is 0.855. The van der Waals surface area contributed by atoms with E-state index in [0.717, 1.165) is 16.2 Å². The Hall–Kier alpha value is -0.530. The average Bonchev–Trinajstić information content (AvgIpc) is 2.47. The van der Waals surface area contributed by atoms with E-state index in [9.17, 15) is 0 Å². The highest BCUT2D eigenvalue weighted by molar-refractivity contribution is 9.10. The third-order valence-electron chi connectivity index (χ3n) is 1.38. The highest BCUT2D eigenvalue weighted by Gasteiger charge is 2.03. The van der Waals surface area contributed by atoms with Crippen LogP contribution in [0.1, 0.15) is 13.3 Å². The maximum atomic E-state index is 5.29. The van der Waals surface area contributed by atoms with Crippen molar-refractivity contribution in [2.75, 3.05) is 5.32 Å². The third-order valence-corrected chi connectivity index (χ3v) is 2.87. The first kappa shape index (κ1) is 9.56. The van der Waals surface area contributed by atoms with Gasteiger partial charge in [-0.2, -0.15) is 0 Å². The van der Waals surface area contributed by atoms with E-state index in [0.29, 0.717) is 0 Å². The minimum atomic E-state index is 0.0862. The Labute approximate surface area is 84.5 Å². The van der Waals surface area contributed by atoms with Crippen LogP contribution < -0.4 is 5.32 Å². The zero-order valence-electron chi connectivity index (χ0n) is 6.67. The fourth-order valence-electron chi connectivity index (χ4n) is 0.731. The molecule has 1 aromatic rings. The normalized spacial score (nSPS) is 12.1. The number of terminal acetylenes is 1. The molecular weight excluding hydrogens is 236 g/mol. The van der Waals surface area contributed by atoms with Crippen LogP contribution in [0.4, 0.5) is 5.13 Å². The van der Waals surface area contributed by atoms with Crippen LogP contribution in [0.3, 0.4) is 0 Å². The zero-order valence-corrected chi connectivity index (χ0v) is 9.08. The Balaban J connectivity index is 2.58. The second kappa shape index (κ2) is 4.48. The summed E-state index contributed by atoms with van der Waals surface area (Å²) in [4.78, 5) is 4.17. The first-order valence-electron chi connectivity index (χ1n) is 3.60. The molecule has 0 fully saturated rings. The predicted octanol–water partition coefficient (Wildman–Crippen LogP) is 2.73. The van der Waals surface area contributed by atoms with Crippen molar-refractivity contribution in [3.63, 3.8) is 0 Å². The molecule has 0 radical (unpaired) electrons. The van der Waals surface area contributed by atoms with Crippen LogP contribution in [-0.2, 0) is 0 Å². The van der Waals surface area contributed by atoms with E-state index in [1.54, 1.807) is 11.3 Å². The molecule has 1 heterocycles. The maximum absolute atomic E-state index is 5.29. The van der Waals surface area contributed by atoms with E-state index >= 15 is 0 Å². The number of nitrogens with zero attached hydrogens (tertiary/aromatic N) is 1. The van der Waals surface area contributed by atoms with Gasteiger partial charge in [0.15, 0.2) is 5.13 Å². The van der Waals surface area contributed by atoms with E-state index < -0.39 is 0 Å². The first-order chi connectivity index (χ1) is 5.76. The maximum Gasteiger partial charge on any atom is 0.184 e. The molecule has 0 spiro atoms. The van der Waals surface area contributed by atoms with Crippen LogP contribution in [0.15, 0.2) is 9.98 Å². The fourth-order valence-corrected chi connectivity index (χ4v) is 1.93. The quantitative estimate of drug-likeness (QED) is 0.828. The van der Waals surface area contributed by atoms with Crippen molar-refractivity contribution in [3.8, 4) is 12.3 Å². The van der Waals surface area contributed by atoms with E-state index in [1.165, 1.54) is 0 Å². The van der Waals surface area contributed by atoms with Crippen LogP contribution >= 0.6 is 27.3 Å². The second-order valence-electron chi connectivity index (χ2n) is 2.25. The summed E-state index contributed by atoms with van der Waals surface area (Å²) >= 11 is 4.82. The van der Waals surface area contributed by atoms with Gasteiger partial charge in [-0.25, -0.2) is 4.98 Å². The molecule has 1 aromatic heterocycles. The van der Waals surface area contributed by atoms with Gasteiger partial charge in [-0.3, -0.25) is 0 Å². The molecule has 0 aliphatic rings. The van der Waals surface area contributed by atoms with Gasteiger partial charge in [0.2, 0.25) is 0 Å². The molecule has 0 saturated carbocycles. The number of hydrogen-bond donors (Lipinski definition) is 1. The molecule has 0 aliphatic carbocycles. The van der Waals surface area contributed by atoms with Gasteiger partial charge in [0.1, 0.15) is 4.60 Å². The summed E-state index contributed by atoms with van der Waals surface area (Å²) in [5.74, 6) is 2.65. The summed E-state index contributed by atoms with van der Waals surface area (Å²) in [6, 6.07) is 0.0862. The van der Waals surface area contributed by atoms with Gasteiger partial charge in [0.25, 0.3) is 0 Å². The number of anilines is 1. The van der Waals surface area contributed by atoms with Crippen LogP contribution in [0.5, 0.6) is 0 Å². The van der Waals surface area contributed by atoms with Gasteiger partial charge in [-0.05, 0) is 22.4 Å². The summed E-state index contributed by atoms with van der Waals surface area (Å²) in [7, 11) is 0. The molecule has 1 rings (SSSR count). The molecule has 2 nitrogen and oxygen atoms in total. The average molecular weight is 245 g/mol. The van der Waals surface area contributed by atoms with Gasteiger partial charge in [-0.15, -0.1) is 17.8 Å². The van der Waals surface area contributed by atoms with E-state index in [-0.39, 0.29) is 6.04 Å². The number of aromatic nitrogens is 1. The second-order valence-corrected chi connectivity index (χ2v) is 3.92. The Morgan fingerprint density at radius 2 is 2.67 bits per heavy atom. The van der Waals surface area contributed by atoms with Crippen LogP contribution in [0, 0.1) is 12.3 Å². The first-order valence-corrected chi connectivity index (χ1v) is 5.27. The van der Waals surface area contributed by atoms with Gasteiger partial charge in [0, 0.05) is 5.38 Å². The number of rotatable bonds is 3. The summed E-state index contributed by atoms with van der Waals surface area (Å²) in [5, 5.41) is 5.93. The molecule has 0 aromatic carbocycles. The highest BCUT2D eigenvalue weighted by atomic mass is 79.9. The summed E-state index contributed by atoms with van der Waals surface area (Å²) in [5.41, 5.74) is 0. The molecule has 12 heavy (non-hydrogen) atoms. The number of halogens is 1. The molecule has 64 valence electrons. The molecule has 0 aliphatic heterocycles. The van der Waals surface area contributed by atoms with Crippen molar-refractivity contribution >= 4 is 32.4 Å². The molecule has 1 atom stereocenters. The Morgan fingerprint density at radius 3 is 3.08 bits per heavy atom. The van der Waals surface area contributed by atoms with E-state index in [2.05, 4.69) is 32.2 Å². The molecular formula is C8H9BrN2S. The Kier molecular flexibility index (Phi) is 3.57. The summed E-state index contributed by atoms with van der Waals surface area (Å²) < 4.78 is 0.849. The Bertz CT molecular complexity index is 289. The van der Waals surface area contributed by atoms with Crippen LogP contribution in [0.2, 0.25) is 0 Å². The monoisotopic (exact) mass is 244 g/mol. The van der Waals surface area contributed by atoms with Crippen molar-refractivity contribution in [3.05, 3.63) is 9.98 Å². The van der Waals surface area contributed by atoms with Crippen molar-refractivity contribution in [2.24, 2.45) is 0 Å². The minimum Gasteiger partial charge on any atom is -0.348 e. The topological polar surface area (TPSA) is 24.9 Å². The van der Waals surface area contributed by atoms with Crippen LogP contribution in [-0.4, -0.2) is 11.0 Å². The molecule has 1 unspecified atom stereocenters.